The summed E-state index contributed by atoms with van der Waals surface area (Å²) in [7, 11) is 0. The molecule has 0 spiro atoms. The third-order valence-corrected chi connectivity index (χ3v) is 3.53. The van der Waals surface area contributed by atoms with E-state index in [1.807, 2.05) is 6.92 Å². The molecule has 0 amide bonds. The van der Waals surface area contributed by atoms with Crippen LogP contribution in [0.3, 0.4) is 0 Å². The van der Waals surface area contributed by atoms with Gasteiger partial charge >= 0.3 is 6.18 Å². The highest BCUT2D eigenvalue weighted by molar-refractivity contribution is 5.40. The number of alkyl halides is 3. The smallest absolute Gasteiger partial charge is 0.363 e. The third-order valence-electron chi connectivity index (χ3n) is 3.53. The Morgan fingerprint density at radius 3 is 2.61 bits per heavy atom. The molecular weight excluding hydrogens is 243 g/mol. The van der Waals surface area contributed by atoms with Crippen molar-refractivity contribution >= 4 is 5.82 Å². The summed E-state index contributed by atoms with van der Waals surface area (Å²) in [6.45, 7) is 1.98. The zero-order chi connectivity index (χ0) is 13.4. The van der Waals surface area contributed by atoms with Gasteiger partial charge < -0.3 is 11.1 Å². The number of nitrogens with zero attached hydrogens (tertiary/aromatic N) is 1. The van der Waals surface area contributed by atoms with E-state index in [4.69, 9.17) is 5.73 Å². The van der Waals surface area contributed by atoms with Crippen LogP contribution < -0.4 is 11.1 Å². The van der Waals surface area contributed by atoms with Crippen molar-refractivity contribution in [3.05, 3.63) is 23.9 Å². The molecule has 2 atom stereocenters. The molecule has 1 aromatic rings. The van der Waals surface area contributed by atoms with Crippen molar-refractivity contribution in [2.24, 2.45) is 5.73 Å². The lowest BCUT2D eigenvalue weighted by Crippen LogP contribution is -2.47. The number of aromatic nitrogens is 1. The molecule has 1 aromatic heterocycles. The fourth-order valence-corrected chi connectivity index (χ4v) is 2.28. The van der Waals surface area contributed by atoms with Gasteiger partial charge in [0.2, 0.25) is 0 Å². The van der Waals surface area contributed by atoms with Gasteiger partial charge in [0, 0.05) is 12.2 Å². The number of nitrogens with two attached hydrogens (primary N) is 1. The van der Waals surface area contributed by atoms with E-state index in [0.29, 0.717) is 5.82 Å². The predicted molar refractivity (Wildman–Crippen MR) is 63.1 cm³/mol. The largest absolute Gasteiger partial charge is 0.417 e. The summed E-state index contributed by atoms with van der Waals surface area (Å²) >= 11 is 0. The van der Waals surface area contributed by atoms with Gasteiger partial charge in [0.1, 0.15) is 5.82 Å². The molecule has 1 saturated carbocycles. The lowest BCUT2D eigenvalue weighted by molar-refractivity contribution is -0.137. The summed E-state index contributed by atoms with van der Waals surface area (Å²) in [5, 5.41) is 3.14. The molecule has 2 rings (SSSR count). The Labute approximate surface area is 104 Å². The molecule has 18 heavy (non-hydrogen) atoms. The van der Waals surface area contributed by atoms with Crippen LogP contribution in [0.4, 0.5) is 19.0 Å². The molecule has 1 aliphatic rings. The maximum atomic E-state index is 12.4. The third kappa shape index (κ3) is 2.58. The average Bonchev–Trinajstić information content (AvgIpc) is 2.58. The van der Waals surface area contributed by atoms with E-state index in [2.05, 4.69) is 10.3 Å². The Hall–Kier alpha value is -1.30. The van der Waals surface area contributed by atoms with Gasteiger partial charge in [-0.1, -0.05) is 0 Å². The Morgan fingerprint density at radius 1 is 1.44 bits per heavy atom. The van der Waals surface area contributed by atoms with E-state index in [0.717, 1.165) is 31.5 Å². The van der Waals surface area contributed by atoms with E-state index >= 15 is 0 Å². The van der Waals surface area contributed by atoms with E-state index in [9.17, 15) is 13.2 Å². The van der Waals surface area contributed by atoms with Gasteiger partial charge in [-0.25, -0.2) is 4.98 Å². The Bertz CT molecular complexity index is 416. The highest BCUT2D eigenvalue weighted by Gasteiger charge is 2.37. The molecule has 6 heteroatoms. The second-order valence-corrected chi connectivity index (χ2v) is 4.97. The van der Waals surface area contributed by atoms with Crippen LogP contribution in [0.2, 0.25) is 0 Å². The Morgan fingerprint density at radius 2 is 2.17 bits per heavy atom. The number of halogens is 3. The zero-order valence-corrected chi connectivity index (χ0v) is 10.1. The average molecular weight is 259 g/mol. The van der Waals surface area contributed by atoms with Gasteiger partial charge in [0.25, 0.3) is 0 Å². The molecule has 3 nitrogen and oxygen atoms in total. The van der Waals surface area contributed by atoms with Gasteiger partial charge in [0.15, 0.2) is 0 Å². The van der Waals surface area contributed by atoms with Crippen LogP contribution in [0, 0.1) is 0 Å². The number of pyridine rings is 1. The summed E-state index contributed by atoms with van der Waals surface area (Å²) < 4.78 is 37.1. The molecular formula is C12H16F3N3. The number of rotatable bonds is 2. The molecule has 0 unspecified atom stereocenters. The van der Waals surface area contributed by atoms with E-state index in [-0.39, 0.29) is 11.6 Å². The van der Waals surface area contributed by atoms with Crippen LogP contribution in [-0.2, 0) is 6.18 Å². The van der Waals surface area contributed by atoms with Crippen LogP contribution in [0.15, 0.2) is 18.3 Å². The summed E-state index contributed by atoms with van der Waals surface area (Å²) in [5.41, 5.74) is 4.96. The van der Waals surface area contributed by atoms with Crippen molar-refractivity contribution in [3.8, 4) is 0 Å². The Balaban J connectivity index is 2.11. The minimum atomic E-state index is -4.35. The standard InChI is InChI=1S/C12H16F3N3/c1-11(6-2-3-9(11)16)18-10-5-4-8(7-17-10)12(13,14)15/h4-5,7,9H,2-3,6,16H2,1H3,(H,17,18)/t9-,11+/m0/s1. The first-order chi connectivity index (χ1) is 8.31. The van der Waals surface area contributed by atoms with E-state index < -0.39 is 11.7 Å². The van der Waals surface area contributed by atoms with Gasteiger partial charge in [-0.15, -0.1) is 0 Å². The van der Waals surface area contributed by atoms with Gasteiger partial charge in [-0.2, -0.15) is 13.2 Å². The molecule has 0 aliphatic heterocycles. The quantitative estimate of drug-likeness (QED) is 0.858. The molecule has 0 aromatic carbocycles. The number of nitrogens with one attached hydrogen (secondary N) is 1. The molecule has 1 heterocycles. The van der Waals surface area contributed by atoms with Crippen LogP contribution in [0.5, 0.6) is 0 Å². The summed E-state index contributed by atoms with van der Waals surface area (Å²) in [6, 6.07) is 2.37. The molecule has 100 valence electrons. The molecule has 1 fully saturated rings. The minimum absolute atomic E-state index is 0.00147. The molecule has 1 aliphatic carbocycles. The van der Waals surface area contributed by atoms with Crippen molar-refractivity contribution in [1.82, 2.24) is 4.98 Å². The second-order valence-electron chi connectivity index (χ2n) is 4.97. The number of anilines is 1. The van der Waals surface area contributed by atoms with Crippen molar-refractivity contribution in [3.63, 3.8) is 0 Å². The highest BCUT2D eigenvalue weighted by Crippen LogP contribution is 2.32. The monoisotopic (exact) mass is 259 g/mol. The van der Waals surface area contributed by atoms with Crippen molar-refractivity contribution < 1.29 is 13.2 Å². The van der Waals surface area contributed by atoms with Gasteiger partial charge in [0.05, 0.1) is 11.1 Å². The van der Waals surface area contributed by atoms with Gasteiger partial charge in [-0.05, 0) is 38.3 Å². The van der Waals surface area contributed by atoms with Crippen molar-refractivity contribution in [2.75, 3.05) is 5.32 Å². The normalized spacial score (nSPS) is 28.4. The first-order valence-corrected chi connectivity index (χ1v) is 5.88. The van der Waals surface area contributed by atoms with E-state index in [1.54, 1.807) is 0 Å². The topological polar surface area (TPSA) is 50.9 Å². The molecule has 0 bridgehead atoms. The second kappa shape index (κ2) is 4.42. The summed E-state index contributed by atoms with van der Waals surface area (Å²) in [4.78, 5) is 3.80. The van der Waals surface area contributed by atoms with Crippen molar-refractivity contribution in [1.29, 1.82) is 0 Å². The lowest BCUT2D eigenvalue weighted by atomic mass is 9.96. The number of hydrogen-bond donors (Lipinski definition) is 2. The van der Waals surface area contributed by atoms with Crippen LogP contribution in [0.1, 0.15) is 31.7 Å². The lowest BCUT2D eigenvalue weighted by Gasteiger charge is -2.31. The van der Waals surface area contributed by atoms with Crippen LogP contribution in [0.25, 0.3) is 0 Å². The zero-order valence-electron chi connectivity index (χ0n) is 10.1. The Kier molecular flexibility index (Phi) is 3.23. The van der Waals surface area contributed by atoms with Crippen molar-refractivity contribution in [2.45, 2.75) is 43.9 Å². The molecule has 0 saturated heterocycles. The fourth-order valence-electron chi connectivity index (χ4n) is 2.28. The maximum absolute atomic E-state index is 12.4. The summed E-state index contributed by atoms with van der Waals surface area (Å²) in [6.07, 6.45) is -0.669. The highest BCUT2D eigenvalue weighted by atomic mass is 19.4. The first-order valence-electron chi connectivity index (χ1n) is 5.88. The SMILES string of the molecule is C[C@@]1(Nc2ccc(C(F)(F)F)cn2)CCC[C@@H]1N. The van der Waals surface area contributed by atoms with E-state index in [1.165, 1.54) is 6.07 Å². The predicted octanol–water partition coefficient (Wildman–Crippen LogP) is 2.78. The summed E-state index contributed by atoms with van der Waals surface area (Å²) in [5.74, 6) is 0.433. The fraction of sp³-hybridized carbons (Fsp3) is 0.583. The maximum Gasteiger partial charge on any atom is 0.417 e. The first kappa shape index (κ1) is 13.1. The molecule has 3 N–H and O–H groups in total. The minimum Gasteiger partial charge on any atom is -0.363 e. The van der Waals surface area contributed by atoms with Crippen LogP contribution >= 0.6 is 0 Å². The van der Waals surface area contributed by atoms with Gasteiger partial charge in [-0.3, -0.25) is 0 Å². The number of hydrogen-bond acceptors (Lipinski definition) is 3. The van der Waals surface area contributed by atoms with Crippen LogP contribution in [-0.4, -0.2) is 16.6 Å². The molecule has 0 radical (unpaired) electrons.